The molecule has 0 fully saturated rings. The number of likely N-dealkylation sites (N-methyl/N-ethyl adjacent to an activating group) is 1. The fourth-order valence-electron chi connectivity index (χ4n) is 1.59. The number of hydrogen-bond donors (Lipinski definition) is 2. The van der Waals surface area contributed by atoms with E-state index in [4.69, 9.17) is 16.3 Å². The maximum atomic E-state index is 11.9. The third-order valence-corrected chi connectivity index (χ3v) is 2.89. The van der Waals surface area contributed by atoms with E-state index in [2.05, 4.69) is 0 Å². The van der Waals surface area contributed by atoms with Crippen molar-refractivity contribution >= 4 is 23.5 Å². The lowest BCUT2D eigenvalue weighted by molar-refractivity contribution is -0.125. The van der Waals surface area contributed by atoms with Crippen LogP contribution >= 0.6 is 11.6 Å². The lowest BCUT2D eigenvalue weighted by atomic mass is 10.3. The third kappa shape index (κ3) is 9.21. The Morgan fingerprint density at radius 2 is 2.04 bits per heavy atom. The van der Waals surface area contributed by atoms with Crippen molar-refractivity contribution in [3.05, 3.63) is 29.3 Å². The Morgan fingerprint density at radius 3 is 2.67 bits per heavy atom. The van der Waals surface area contributed by atoms with E-state index in [1.54, 1.807) is 41.5 Å². The number of halogens is 4. The normalized spacial score (nSPS) is 11.2. The van der Waals surface area contributed by atoms with Gasteiger partial charge in [0.05, 0.1) is 6.54 Å². The van der Waals surface area contributed by atoms with Gasteiger partial charge in [-0.15, -0.1) is 0 Å². The van der Waals surface area contributed by atoms with Crippen LogP contribution in [0.4, 0.5) is 18.0 Å². The van der Waals surface area contributed by atoms with E-state index in [-0.39, 0.29) is 13.2 Å². The van der Waals surface area contributed by atoms with Crippen LogP contribution in [0.5, 0.6) is 5.75 Å². The molecule has 0 heterocycles. The molecule has 0 atom stereocenters. The molecule has 0 unspecified atom stereocenters. The molecule has 1 aromatic carbocycles. The molecule has 0 saturated carbocycles. The van der Waals surface area contributed by atoms with Crippen LogP contribution in [0.2, 0.25) is 5.02 Å². The van der Waals surface area contributed by atoms with Gasteiger partial charge in [-0.1, -0.05) is 17.7 Å². The van der Waals surface area contributed by atoms with Gasteiger partial charge in [-0.25, -0.2) is 4.79 Å². The average molecular weight is 368 g/mol. The number of benzene rings is 1. The predicted molar refractivity (Wildman–Crippen MR) is 82.0 cm³/mol. The number of hydrogen-bond acceptors (Lipinski definition) is 4. The fraction of sp³-hybridized carbons (Fsp3) is 0.429. The predicted octanol–water partition coefficient (Wildman–Crippen LogP) is 2.04. The average Bonchev–Trinajstić information content (AvgIpc) is 2.44. The molecule has 10 heteroatoms. The number of carbonyl (C=O) groups is 2. The first kappa shape index (κ1) is 20.0. The summed E-state index contributed by atoms with van der Waals surface area (Å²) in [6, 6.07) is 5.60. The van der Waals surface area contributed by atoms with E-state index in [1.165, 1.54) is 0 Å². The number of rotatable bonds is 7. The van der Waals surface area contributed by atoms with Crippen molar-refractivity contribution in [1.29, 1.82) is 0 Å². The fourth-order valence-corrected chi connectivity index (χ4v) is 1.77. The van der Waals surface area contributed by atoms with Crippen LogP contribution in [0.1, 0.15) is 0 Å². The quantitative estimate of drug-likeness (QED) is 0.773. The van der Waals surface area contributed by atoms with Crippen LogP contribution in [0, 0.1) is 0 Å². The maximum Gasteiger partial charge on any atom is 0.405 e. The van der Waals surface area contributed by atoms with Gasteiger partial charge in [0.2, 0.25) is 5.91 Å². The van der Waals surface area contributed by atoms with Crippen molar-refractivity contribution in [2.45, 2.75) is 6.18 Å². The molecule has 0 saturated heterocycles. The molecule has 3 amide bonds. The number of amides is 3. The SMILES string of the molecule is CN(CCOc1cccc(Cl)c1)CC(=O)NC(=O)NCC(F)(F)F. The Morgan fingerprint density at radius 1 is 1.33 bits per heavy atom. The summed E-state index contributed by atoms with van der Waals surface area (Å²) in [6.07, 6.45) is -4.53. The molecule has 0 bridgehead atoms. The molecule has 6 nitrogen and oxygen atoms in total. The highest BCUT2D eigenvalue weighted by Crippen LogP contribution is 2.16. The van der Waals surface area contributed by atoms with Crippen molar-refractivity contribution in [2.75, 3.05) is 33.3 Å². The summed E-state index contributed by atoms with van der Waals surface area (Å²) in [5.41, 5.74) is 0. The van der Waals surface area contributed by atoms with E-state index in [9.17, 15) is 22.8 Å². The Labute approximate surface area is 141 Å². The standard InChI is InChI=1S/C14H17ClF3N3O3/c1-21(5-6-24-11-4-2-3-10(15)7-11)8-12(22)20-13(23)19-9-14(16,17)18/h2-4,7H,5-6,8-9H2,1H3,(H2,19,20,22,23). The first-order valence-electron chi connectivity index (χ1n) is 6.87. The summed E-state index contributed by atoms with van der Waals surface area (Å²) in [6.45, 7) is -1.04. The zero-order valence-corrected chi connectivity index (χ0v) is 13.6. The summed E-state index contributed by atoms with van der Waals surface area (Å²) < 4.78 is 41.2. The molecule has 0 radical (unpaired) electrons. The molecule has 0 aliphatic rings. The summed E-state index contributed by atoms with van der Waals surface area (Å²) >= 11 is 5.81. The van der Waals surface area contributed by atoms with Crippen molar-refractivity contribution in [2.24, 2.45) is 0 Å². The van der Waals surface area contributed by atoms with Gasteiger partial charge < -0.3 is 10.1 Å². The number of nitrogens with zero attached hydrogens (tertiary/aromatic N) is 1. The minimum Gasteiger partial charge on any atom is -0.492 e. The van der Waals surface area contributed by atoms with Crippen LogP contribution in [-0.4, -0.2) is 56.3 Å². The number of imide groups is 1. The molecule has 1 aromatic rings. The second-order valence-electron chi connectivity index (χ2n) is 4.89. The summed E-state index contributed by atoms with van der Waals surface area (Å²) in [7, 11) is 1.61. The molecular weight excluding hydrogens is 351 g/mol. The Balaban J connectivity index is 2.23. The second-order valence-corrected chi connectivity index (χ2v) is 5.33. The van der Waals surface area contributed by atoms with E-state index in [0.717, 1.165) is 0 Å². The molecule has 24 heavy (non-hydrogen) atoms. The number of alkyl halides is 3. The van der Waals surface area contributed by atoms with Crippen molar-refractivity contribution in [3.8, 4) is 5.75 Å². The maximum absolute atomic E-state index is 11.9. The summed E-state index contributed by atoms with van der Waals surface area (Å²) in [4.78, 5) is 24.2. The Hall–Kier alpha value is -2.00. The van der Waals surface area contributed by atoms with Gasteiger partial charge in [0.15, 0.2) is 0 Å². The minimum atomic E-state index is -4.53. The van der Waals surface area contributed by atoms with Crippen LogP contribution in [0.25, 0.3) is 0 Å². The smallest absolute Gasteiger partial charge is 0.405 e. The first-order valence-corrected chi connectivity index (χ1v) is 7.25. The highest BCUT2D eigenvalue weighted by molar-refractivity contribution is 6.30. The second kappa shape index (κ2) is 9.33. The summed E-state index contributed by atoms with van der Waals surface area (Å²) in [5.74, 6) is -0.146. The van der Waals surface area contributed by atoms with Gasteiger partial charge in [0.25, 0.3) is 0 Å². The van der Waals surface area contributed by atoms with Gasteiger partial charge >= 0.3 is 12.2 Å². The number of carbonyl (C=O) groups excluding carboxylic acids is 2. The van der Waals surface area contributed by atoms with Gasteiger partial charge in [-0.2, -0.15) is 13.2 Å². The topological polar surface area (TPSA) is 70.7 Å². The van der Waals surface area contributed by atoms with Crippen LogP contribution in [-0.2, 0) is 4.79 Å². The Bertz CT molecular complexity index is 570. The number of urea groups is 1. The molecule has 0 spiro atoms. The molecule has 0 aliphatic heterocycles. The first-order chi connectivity index (χ1) is 11.2. The van der Waals surface area contributed by atoms with Crippen LogP contribution < -0.4 is 15.4 Å². The van der Waals surface area contributed by atoms with Crippen molar-refractivity contribution in [1.82, 2.24) is 15.5 Å². The monoisotopic (exact) mass is 367 g/mol. The molecule has 0 aliphatic carbocycles. The molecular formula is C14H17ClF3N3O3. The largest absolute Gasteiger partial charge is 0.492 e. The van der Waals surface area contributed by atoms with E-state index < -0.39 is 24.7 Å². The van der Waals surface area contributed by atoms with Gasteiger partial charge in [-0.05, 0) is 25.2 Å². The van der Waals surface area contributed by atoms with Gasteiger partial charge in [-0.3, -0.25) is 15.0 Å². The van der Waals surface area contributed by atoms with E-state index >= 15 is 0 Å². The lowest BCUT2D eigenvalue weighted by Gasteiger charge is -2.16. The molecule has 0 aromatic heterocycles. The van der Waals surface area contributed by atoms with E-state index in [1.807, 2.05) is 5.32 Å². The number of ether oxygens (including phenoxy) is 1. The van der Waals surface area contributed by atoms with Gasteiger partial charge in [0.1, 0.15) is 18.9 Å². The van der Waals surface area contributed by atoms with Gasteiger partial charge in [0, 0.05) is 11.6 Å². The highest BCUT2D eigenvalue weighted by atomic mass is 35.5. The summed E-state index contributed by atoms with van der Waals surface area (Å²) in [5, 5.41) is 3.89. The minimum absolute atomic E-state index is 0.168. The highest BCUT2D eigenvalue weighted by Gasteiger charge is 2.28. The third-order valence-electron chi connectivity index (χ3n) is 2.65. The van der Waals surface area contributed by atoms with E-state index in [0.29, 0.717) is 17.3 Å². The van der Waals surface area contributed by atoms with Crippen molar-refractivity contribution in [3.63, 3.8) is 0 Å². The van der Waals surface area contributed by atoms with Crippen LogP contribution in [0.15, 0.2) is 24.3 Å². The zero-order chi connectivity index (χ0) is 18.2. The van der Waals surface area contributed by atoms with Crippen LogP contribution in [0.3, 0.4) is 0 Å². The molecule has 1 rings (SSSR count). The van der Waals surface area contributed by atoms with Crippen molar-refractivity contribution < 1.29 is 27.5 Å². The Kier molecular flexibility index (Phi) is 7.80. The number of nitrogens with one attached hydrogen (secondary N) is 2. The molecule has 134 valence electrons. The lowest BCUT2D eigenvalue weighted by Crippen LogP contribution is -2.46. The zero-order valence-electron chi connectivity index (χ0n) is 12.8. The molecule has 2 N–H and O–H groups in total.